The molecule has 0 radical (unpaired) electrons. The number of aryl methyl sites for hydroxylation is 2. The Morgan fingerprint density at radius 3 is 1.75 bits per heavy atom. The van der Waals surface area contributed by atoms with Crippen LogP contribution in [0.3, 0.4) is 0 Å². The molecule has 0 atom stereocenters. The maximum atomic E-state index is 4.18. The number of benzene rings is 2. The molecule has 0 aromatic heterocycles. The summed E-state index contributed by atoms with van der Waals surface area (Å²) in [7, 11) is 0. The van der Waals surface area contributed by atoms with Crippen molar-refractivity contribution in [3.05, 3.63) is 82.9 Å². The summed E-state index contributed by atoms with van der Waals surface area (Å²) in [4.78, 5) is 0. The first-order valence-corrected chi connectivity index (χ1v) is 10.7. The molecule has 0 N–H and O–H groups in total. The van der Waals surface area contributed by atoms with Crippen molar-refractivity contribution in [1.29, 1.82) is 0 Å². The molecule has 28 heavy (non-hydrogen) atoms. The lowest BCUT2D eigenvalue weighted by molar-refractivity contribution is 0.632. The summed E-state index contributed by atoms with van der Waals surface area (Å²) in [6, 6.07) is 17.2. The predicted octanol–water partition coefficient (Wildman–Crippen LogP) is 7.16. The maximum absolute atomic E-state index is 4.18. The van der Waals surface area contributed by atoms with E-state index in [1.807, 2.05) is 6.21 Å². The summed E-state index contributed by atoms with van der Waals surface area (Å²) in [6.07, 6.45) is 17.9. The van der Waals surface area contributed by atoms with Crippen LogP contribution in [-0.4, -0.2) is 12.4 Å². The lowest BCUT2D eigenvalue weighted by Gasteiger charge is -2.02. The lowest BCUT2D eigenvalue weighted by Crippen LogP contribution is -1.88. The van der Waals surface area contributed by atoms with Crippen molar-refractivity contribution in [3.8, 4) is 0 Å². The average molecular weight is 375 g/mol. The Morgan fingerprint density at radius 2 is 1.21 bits per heavy atom. The van der Waals surface area contributed by atoms with E-state index >= 15 is 0 Å². The highest BCUT2D eigenvalue weighted by atomic mass is 15.2. The Hall–Kier alpha value is -2.48. The van der Waals surface area contributed by atoms with Crippen LogP contribution in [0, 0.1) is 0 Å². The van der Waals surface area contributed by atoms with E-state index in [2.05, 4.69) is 84.7 Å². The second-order valence-electron chi connectivity index (χ2n) is 7.24. The molecule has 0 aliphatic heterocycles. The van der Waals surface area contributed by atoms with E-state index in [4.69, 9.17) is 0 Å². The minimum atomic E-state index is 1.07. The van der Waals surface area contributed by atoms with Gasteiger partial charge in [-0.25, -0.2) is 0 Å². The van der Waals surface area contributed by atoms with Crippen molar-refractivity contribution < 1.29 is 0 Å². The van der Waals surface area contributed by atoms with Crippen LogP contribution in [0.2, 0.25) is 0 Å². The molecule has 0 heterocycles. The monoisotopic (exact) mass is 374 g/mol. The molecular weight excluding hydrogens is 340 g/mol. The van der Waals surface area contributed by atoms with Gasteiger partial charge >= 0.3 is 0 Å². The van der Waals surface area contributed by atoms with Crippen molar-refractivity contribution in [1.82, 2.24) is 0 Å². The van der Waals surface area contributed by atoms with Gasteiger partial charge in [-0.1, -0.05) is 93.3 Å². The van der Waals surface area contributed by atoms with E-state index in [0.717, 1.165) is 24.0 Å². The maximum Gasteiger partial charge on any atom is 0.0568 e. The van der Waals surface area contributed by atoms with Gasteiger partial charge in [0, 0.05) is 0 Å². The van der Waals surface area contributed by atoms with Crippen LogP contribution in [0.5, 0.6) is 0 Å². The van der Waals surface area contributed by atoms with Gasteiger partial charge < -0.3 is 0 Å². The van der Waals surface area contributed by atoms with Gasteiger partial charge in [-0.2, -0.15) is 10.2 Å². The second-order valence-corrected chi connectivity index (χ2v) is 7.24. The van der Waals surface area contributed by atoms with Crippen LogP contribution in [0.4, 0.5) is 0 Å². The fraction of sp³-hybridized carbons (Fsp3) is 0.385. The molecule has 0 fully saturated rings. The number of rotatable bonds is 12. The predicted molar refractivity (Wildman–Crippen MR) is 124 cm³/mol. The summed E-state index contributed by atoms with van der Waals surface area (Å²) in [6.45, 7) is 4.32. The molecule has 0 bridgehead atoms. The van der Waals surface area contributed by atoms with Gasteiger partial charge in [0.15, 0.2) is 0 Å². The highest BCUT2D eigenvalue weighted by Crippen LogP contribution is 2.10. The molecule has 0 spiro atoms. The van der Waals surface area contributed by atoms with Crippen LogP contribution < -0.4 is 0 Å². The highest BCUT2D eigenvalue weighted by Gasteiger charge is 1.95. The molecule has 2 aromatic carbocycles. The van der Waals surface area contributed by atoms with Crippen molar-refractivity contribution >= 4 is 12.4 Å². The normalized spacial score (nSPS) is 11.9. The van der Waals surface area contributed by atoms with Gasteiger partial charge in [-0.3, -0.25) is 0 Å². The third-order valence-electron chi connectivity index (χ3n) is 4.84. The van der Waals surface area contributed by atoms with Gasteiger partial charge in [-0.05, 0) is 54.9 Å². The average Bonchev–Trinajstić information content (AvgIpc) is 2.73. The Balaban J connectivity index is 1.75. The molecule has 2 heteroatoms. The lowest BCUT2D eigenvalue weighted by atomic mass is 10.0. The van der Waals surface area contributed by atoms with Crippen molar-refractivity contribution in [2.75, 3.05) is 0 Å². The summed E-state index contributed by atoms with van der Waals surface area (Å²) in [5, 5.41) is 8.36. The quantitative estimate of drug-likeness (QED) is 0.163. The molecule has 0 aliphatic carbocycles. The van der Waals surface area contributed by atoms with E-state index in [0.29, 0.717) is 0 Å². The SMILES string of the molecule is C/C=C/CCc1ccc(/C=N/N=C/c2ccc(CCCCCCC)cc2)cc1. The molecule has 0 aliphatic rings. The molecule has 0 saturated carbocycles. The fourth-order valence-electron chi connectivity index (χ4n) is 3.09. The van der Waals surface area contributed by atoms with Crippen molar-refractivity contribution in [2.24, 2.45) is 10.2 Å². The van der Waals surface area contributed by atoms with Crippen LogP contribution in [0.15, 0.2) is 70.9 Å². The summed E-state index contributed by atoms with van der Waals surface area (Å²) in [5.41, 5.74) is 4.92. The van der Waals surface area contributed by atoms with E-state index in [9.17, 15) is 0 Å². The van der Waals surface area contributed by atoms with E-state index < -0.39 is 0 Å². The zero-order valence-corrected chi connectivity index (χ0v) is 17.5. The smallest absolute Gasteiger partial charge is 0.0568 e. The second kappa shape index (κ2) is 13.7. The van der Waals surface area contributed by atoms with Crippen LogP contribution in [0.25, 0.3) is 0 Å². The third kappa shape index (κ3) is 8.94. The standard InChI is InChI=1S/C26H34N2/c1-3-5-7-8-10-12-24-15-19-26(20-16-24)22-28-27-21-25-17-13-23(14-18-25)11-9-6-4-2/h4,6,13-22H,3,5,7-12H2,1-2H3/b6-4+,27-21+,28-22+. The van der Waals surface area contributed by atoms with Gasteiger partial charge in [0.25, 0.3) is 0 Å². The van der Waals surface area contributed by atoms with Gasteiger partial charge in [0.1, 0.15) is 0 Å². The molecule has 0 unspecified atom stereocenters. The highest BCUT2D eigenvalue weighted by molar-refractivity contribution is 5.82. The molecule has 2 aromatic rings. The minimum absolute atomic E-state index is 1.07. The van der Waals surface area contributed by atoms with Gasteiger partial charge in [0.05, 0.1) is 12.4 Å². The van der Waals surface area contributed by atoms with E-state index in [-0.39, 0.29) is 0 Å². The van der Waals surface area contributed by atoms with Crippen molar-refractivity contribution in [2.45, 2.75) is 65.2 Å². The Morgan fingerprint density at radius 1 is 0.679 bits per heavy atom. The Kier molecular flexibility index (Phi) is 10.6. The van der Waals surface area contributed by atoms with E-state index in [1.54, 1.807) is 6.21 Å². The first-order valence-electron chi connectivity index (χ1n) is 10.7. The van der Waals surface area contributed by atoms with Crippen LogP contribution in [0.1, 0.15) is 74.6 Å². The molecule has 0 amide bonds. The molecule has 2 rings (SSSR count). The Bertz CT molecular complexity index is 737. The molecule has 2 nitrogen and oxygen atoms in total. The largest absolute Gasteiger partial charge is 0.159 e. The molecular formula is C26H34N2. The number of hydrogen-bond donors (Lipinski definition) is 0. The zero-order valence-electron chi connectivity index (χ0n) is 17.5. The summed E-state index contributed by atoms with van der Waals surface area (Å²) in [5.74, 6) is 0. The first-order chi connectivity index (χ1) is 13.8. The molecule has 0 saturated heterocycles. The van der Waals surface area contributed by atoms with Crippen molar-refractivity contribution in [3.63, 3.8) is 0 Å². The number of unbranched alkanes of at least 4 members (excludes halogenated alkanes) is 4. The fourth-order valence-corrected chi connectivity index (χ4v) is 3.09. The van der Waals surface area contributed by atoms with Gasteiger partial charge in [-0.15, -0.1) is 0 Å². The third-order valence-corrected chi connectivity index (χ3v) is 4.84. The minimum Gasteiger partial charge on any atom is -0.159 e. The van der Waals surface area contributed by atoms with E-state index in [1.165, 1.54) is 49.7 Å². The Labute approximate surface area is 171 Å². The van der Waals surface area contributed by atoms with Crippen LogP contribution >= 0.6 is 0 Å². The van der Waals surface area contributed by atoms with Gasteiger partial charge in [0.2, 0.25) is 0 Å². The zero-order chi connectivity index (χ0) is 19.9. The first kappa shape index (κ1) is 21.8. The van der Waals surface area contributed by atoms with Crippen LogP contribution in [-0.2, 0) is 12.8 Å². The number of hydrogen-bond acceptors (Lipinski definition) is 2. The summed E-state index contributed by atoms with van der Waals surface area (Å²) >= 11 is 0. The number of nitrogens with zero attached hydrogens (tertiary/aromatic N) is 2. The summed E-state index contributed by atoms with van der Waals surface area (Å²) < 4.78 is 0. The topological polar surface area (TPSA) is 24.7 Å². The number of allylic oxidation sites excluding steroid dienone is 2. The molecule has 148 valence electrons.